The van der Waals surface area contributed by atoms with Crippen LogP contribution in [0.5, 0.6) is 0 Å². The first-order valence-electron chi connectivity index (χ1n) is 7.32. The normalized spacial score (nSPS) is 13.2. The highest BCUT2D eigenvalue weighted by molar-refractivity contribution is 7.99. The highest BCUT2D eigenvalue weighted by atomic mass is 32.2. The smallest absolute Gasteiger partial charge is 0.269 e. The van der Waals surface area contributed by atoms with E-state index >= 15 is 0 Å². The molecule has 0 saturated carbocycles. The SMILES string of the molecule is O=[N+]([O-])c1ccc(C(CO)S[C@H](CO)c2ccc([N+](=O)[O-])cc2)cc1. The summed E-state index contributed by atoms with van der Waals surface area (Å²) in [5.74, 6) is 0. The van der Waals surface area contributed by atoms with Gasteiger partial charge in [0.25, 0.3) is 11.4 Å². The number of benzene rings is 2. The van der Waals surface area contributed by atoms with Gasteiger partial charge in [0.2, 0.25) is 0 Å². The molecule has 0 amide bonds. The molecule has 9 heteroatoms. The molecule has 25 heavy (non-hydrogen) atoms. The molecule has 0 radical (unpaired) electrons. The predicted molar refractivity (Wildman–Crippen MR) is 93.4 cm³/mol. The van der Waals surface area contributed by atoms with Crippen LogP contribution in [0.2, 0.25) is 0 Å². The molecule has 2 atom stereocenters. The summed E-state index contributed by atoms with van der Waals surface area (Å²) in [6, 6.07) is 11.7. The van der Waals surface area contributed by atoms with Gasteiger partial charge in [0, 0.05) is 24.3 Å². The lowest BCUT2D eigenvalue weighted by Crippen LogP contribution is -2.07. The van der Waals surface area contributed by atoms with Crippen LogP contribution in [0.3, 0.4) is 0 Å². The van der Waals surface area contributed by atoms with E-state index in [9.17, 15) is 30.4 Å². The lowest BCUT2D eigenvalue weighted by Gasteiger charge is -2.21. The van der Waals surface area contributed by atoms with Crippen LogP contribution in [0.4, 0.5) is 11.4 Å². The summed E-state index contributed by atoms with van der Waals surface area (Å²) in [5, 5.41) is 39.9. The van der Waals surface area contributed by atoms with Crippen molar-refractivity contribution in [3.05, 3.63) is 79.9 Å². The van der Waals surface area contributed by atoms with Gasteiger partial charge in [-0.3, -0.25) is 20.2 Å². The molecular formula is C16H16N2O6S. The van der Waals surface area contributed by atoms with Crippen LogP contribution in [-0.2, 0) is 0 Å². The highest BCUT2D eigenvalue weighted by Crippen LogP contribution is 2.40. The van der Waals surface area contributed by atoms with Crippen LogP contribution < -0.4 is 0 Å². The Morgan fingerprint density at radius 3 is 1.32 bits per heavy atom. The van der Waals surface area contributed by atoms with E-state index in [0.29, 0.717) is 11.1 Å². The minimum Gasteiger partial charge on any atom is -0.395 e. The molecule has 0 aliphatic carbocycles. The quantitative estimate of drug-likeness (QED) is 0.544. The fraction of sp³-hybridized carbons (Fsp3) is 0.250. The van der Waals surface area contributed by atoms with Crippen molar-refractivity contribution in [1.29, 1.82) is 0 Å². The molecule has 0 aromatic heterocycles. The molecule has 0 aliphatic rings. The first-order chi connectivity index (χ1) is 12.0. The van der Waals surface area contributed by atoms with Crippen LogP contribution >= 0.6 is 11.8 Å². The van der Waals surface area contributed by atoms with Crippen molar-refractivity contribution in [2.45, 2.75) is 10.5 Å². The maximum Gasteiger partial charge on any atom is 0.269 e. The molecule has 1 unspecified atom stereocenters. The zero-order valence-electron chi connectivity index (χ0n) is 13.0. The first-order valence-corrected chi connectivity index (χ1v) is 8.26. The van der Waals surface area contributed by atoms with E-state index in [1.165, 1.54) is 36.0 Å². The summed E-state index contributed by atoms with van der Waals surface area (Å²) in [6.07, 6.45) is 0. The second kappa shape index (κ2) is 8.56. The molecule has 2 N–H and O–H groups in total. The van der Waals surface area contributed by atoms with Crippen molar-refractivity contribution < 1.29 is 20.1 Å². The van der Waals surface area contributed by atoms with Crippen LogP contribution in [0.1, 0.15) is 21.6 Å². The number of non-ortho nitro benzene ring substituents is 2. The summed E-state index contributed by atoms with van der Waals surface area (Å²) in [5.41, 5.74) is 1.30. The number of hydrogen-bond donors (Lipinski definition) is 2. The van der Waals surface area contributed by atoms with E-state index < -0.39 is 20.3 Å². The number of rotatable bonds is 8. The second-order valence-electron chi connectivity index (χ2n) is 5.18. The van der Waals surface area contributed by atoms with Gasteiger partial charge in [0.05, 0.1) is 33.6 Å². The Morgan fingerprint density at radius 2 is 1.08 bits per heavy atom. The van der Waals surface area contributed by atoms with E-state index in [1.807, 2.05) is 0 Å². The fourth-order valence-corrected chi connectivity index (χ4v) is 3.47. The summed E-state index contributed by atoms with van der Waals surface area (Å²) < 4.78 is 0. The number of nitro benzene ring substituents is 2. The fourth-order valence-electron chi connectivity index (χ4n) is 2.27. The van der Waals surface area contributed by atoms with Gasteiger partial charge in [-0.1, -0.05) is 24.3 Å². The molecule has 2 aromatic rings. The van der Waals surface area contributed by atoms with Gasteiger partial charge < -0.3 is 10.2 Å². The lowest BCUT2D eigenvalue weighted by molar-refractivity contribution is -0.385. The minimum absolute atomic E-state index is 0.0421. The third kappa shape index (κ3) is 4.75. The van der Waals surface area contributed by atoms with Crippen molar-refractivity contribution in [3.63, 3.8) is 0 Å². The highest BCUT2D eigenvalue weighted by Gasteiger charge is 2.21. The van der Waals surface area contributed by atoms with Gasteiger partial charge in [0.15, 0.2) is 0 Å². The molecule has 8 nitrogen and oxygen atoms in total. The van der Waals surface area contributed by atoms with Gasteiger partial charge in [-0.2, -0.15) is 0 Å². The lowest BCUT2D eigenvalue weighted by atomic mass is 10.1. The van der Waals surface area contributed by atoms with E-state index in [-0.39, 0.29) is 24.6 Å². The number of hydrogen-bond acceptors (Lipinski definition) is 7. The molecular weight excluding hydrogens is 348 g/mol. The molecule has 0 bridgehead atoms. The Morgan fingerprint density at radius 1 is 0.760 bits per heavy atom. The van der Waals surface area contributed by atoms with Crippen LogP contribution in [0.15, 0.2) is 48.5 Å². The third-order valence-corrected chi connectivity index (χ3v) is 5.11. The Bertz CT molecular complexity index is 672. The number of thioether (sulfide) groups is 1. The number of nitrogens with zero attached hydrogens (tertiary/aromatic N) is 2. The Labute approximate surface area is 147 Å². The van der Waals surface area contributed by atoms with Gasteiger partial charge in [0.1, 0.15) is 0 Å². The van der Waals surface area contributed by atoms with E-state index in [1.54, 1.807) is 24.3 Å². The molecule has 0 spiro atoms. The van der Waals surface area contributed by atoms with Gasteiger partial charge >= 0.3 is 0 Å². The van der Waals surface area contributed by atoms with Crippen molar-refractivity contribution in [3.8, 4) is 0 Å². The monoisotopic (exact) mass is 364 g/mol. The molecule has 2 rings (SSSR count). The number of nitro groups is 2. The van der Waals surface area contributed by atoms with Gasteiger partial charge in [-0.15, -0.1) is 11.8 Å². The van der Waals surface area contributed by atoms with E-state index in [4.69, 9.17) is 0 Å². The topological polar surface area (TPSA) is 127 Å². The molecule has 0 fully saturated rings. The Hall–Kier alpha value is -2.49. The van der Waals surface area contributed by atoms with Crippen LogP contribution in [0.25, 0.3) is 0 Å². The standard InChI is InChI=1S/C16H16N2O6S/c19-9-15(11-1-5-13(6-2-11)17(21)22)25-16(10-20)12-3-7-14(8-4-12)18(23)24/h1-8,15-16,19-20H,9-10H2/t15-,16?/m1/s1. The minimum atomic E-state index is -0.502. The van der Waals surface area contributed by atoms with Gasteiger partial charge in [-0.05, 0) is 11.1 Å². The third-order valence-electron chi connectivity index (χ3n) is 3.61. The van der Waals surface area contributed by atoms with Crippen molar-refractivity contribution in [1.82, 2.24) is 0 Å². The molecule has 132 valence electrons. The zero-order chi connectivity index (χ0) is 18.4. The molecule has 2 aromatic carbocycles. The van der Waals surface area contributed by atoms with Crippen LogP contribution in [-0.4, -0.2) is 33.3 Å². The first kappa shape index (κ1) is 18.8. The predicted octanol–water partition coefficient (Wildman–Crippen LogP) is 3.00. The summed E-state index contributed by atoms with van der Waals surface area (Å²) in [6.45, 7) is -0.433. The number of aliphatic hydroxyl groups excluding tert-OH is 2. The average Bonchev–Trinajstić information content (AvgIpc) is 2.63. The zero-order valence-corrected chi connectivity index (χ0v) is 13.8. The van der Waals surface area contributed by atoms with E-state index in [0.717, 1.165) is 0 Å². The van der Waals surface area contributed by atoms with Crippen molar-refractivity contribution in [2.24, 2.45) is 0 Å². The maximum atomic E-state index is 10.7. The number of aliphatic hydroxyl groups is 2. The largest absolute Gasteiger partial charge is 0.395 e. The summed E-state index contributed by atoms with van der Waals surface area (Å²) in [4.78, 5) is 20.4. The van der Waals surface area contributed by atoms with Gasteiger partial charge in [-0.25, -0.2) is 0 Å². The summed E-state index contributed by atoms with van der Waals surface area (Å²) >= 11 is 1.28. The summed E-state index contributed by atoms with van der Waals surface area (Å²) in [7, 11) is 0. The molecule has 0 aliphatic heterocycles. The molecule has 0 saturated heterocycles. The van der Waals surface area contributed by atoms with Crippen LogP contribution in [0, 0.1) is 20.2 Å². The Kier molecular flexibility index (Phi) is 6.45. The Balaban J connectivity index is 2.17. The van der Waals surface area contributed by atoms with Crippen molar-refractivity contribution >= 4 is 23.1 Å². The average molecular weight is 364 g/mol. The second-order valence-corrected chi connectivity index (χ2v) is 6.59. The van der Waals surface area contributed by atoms with Crippen molar-refractivity contribution in [2.75, 3.05) is 13.2 Å². The van der Waals surface area contributed by atoms with E-state index in [2.05, 4.69) is 0 Å². The maximum absolute atomic E-state index is 10.7. The molecule has 0 heterocycles.